The molecule has 0 unspecified atom stereocenters. The number of hydrogen-bond acceptors (Lipinski definition) is 7. The van der Waals surface area contributed by atoms with Crippen LogP contribution in [0.2, 0.25) is 0 Å². The van der Waals surface area contributed by atoms with Crippen molar-refractivity contribution in [1.82, 2.24) is 15.0 Å². The zero-order chi connectivity index (χ0) is 16.2. The number of thiazole rings is 1. The molecule has 0 aliphatic heterocycles. The molecule has 6 nitrogen and oxygen atoms in total. The summed E-state index contributed by atoms with van der Waals surface area (Å²) in [6.07, 6.45) is 1.90. The Bertz CT molecular complexity index is 870. The Kier molecular flexibility index (Phi) is 4.89. The Hall–Kier alpha value is -1.97. The van der Waals surface area contributed by atoms with Crippen LogP contribution < -0.4 is 10.9 Å². The van der Waals surface area contributed by atoms with Crippen LogP contribution in [0.5, 0.6) is 0 Å². The van der Waals surface area contributed by atoms with E-state index in [1.165, 1.54) is 29.2 Å². The molecule has 23 heavy (non-hydrogen) atoms. The summed E-state index contributed by atoms with van der Waals surface area (Å²) in [5.74, 6) is 0.579. The van der Waals surface area contributed by atoms with E-state index < -0.39 is 5.91 Å². The van der Waals surface area contributed by atoms with Crippen LogP contribution in [0, 0.1) is 0 Å². The molecule has 0 saturated heterocycles. The Balaban J connectivity index is 1.78. The normalized spacial score (nSPS) is 10.7. The van der Waals surface area contributed by atoms with E-state index in [1.54, 1.807) is 11.3 Å². The lowest BCUT2D eigenvalue weighted by Gasteiger charge is -2.03. The van der Waals surface area contributed by atoms with Gasteiger partial charge in [-0.05, 0) is 17.7 Å². The molecule has 3 rings (SSSR count). The standard InChI is InChI=1S/C14H12N4O2S3/c1-21-7-11-15-8(5-12(19)17-11)13(20)18-14-16-9(6-23-14)10-3-2-4-22-10/h2-6H,7H2,1H3,(H,15,17,19)(H,16,18,20). The molecule has 0 aliphatic rings. The van der Waals surface area contributed by atoms with E-state index in [-0.39, 0.29) is 11.3 Å². The lowest BCUT2D eigenvalue weighted by molar-refractivity contribution is 0.102. The summed E-state index contributed by atoms with van der Waals surface area (Å²) in [5.41, 5.74) is 0.570. The number of thioether (sulfide) groups is 1. The molecule has 9 heteroatoms. The second-order valence-electron chi connectivity index (χ2n) is 4.48. The highest BCUT2D eigenvalue weighted by atomic mass is 32.2. The van der Waals surface area contributed by atoms with Gasteiger partial charge in [-0.25, -0.2) is 9.97 Å². The van der Waals surface area contributed by atoms with E-state index in [1.807, 2.05) is 29.1 Å². The van der Waals surface area contributed by atoms with Gasteiger partial charge in [0.05, 0.1) is 16.3 Å². The molecule has 2 N–H and O–H groups in total. The van der Waals surface area contributed by atoms with Gasteiger partial charge in [-0.1, -0.05) is 6.07 Å². The van der Waals surface area contributed by atoms with Gasteiger partial charge in [0.1, 0.15) is 11.5 Å². The van der Waals surface area contributed by atoms with Gasteiger partial charge in [-0.2, -0.15) is 11.8 Å². The van der Waals surface area contributed by atoms with Crippen molar-refractivity contribution in [2.24, 2.45) is 0 Å². The Labute approximate surface area is 144 Å². The van der Waals surface area contributed by atoms with Gasteiger partial charge in [-0.3, -0.25) is 14.9 Å². The monoisotopic (exact) mass is 364 g/mol. The number of rotatable bonds is 5. The number of nitrogens with zero attached hydrogens (tertiary/aromatic N) is 2. The molecular weight excluding hydrogens is 352 g/mol. The Morgan fingerprint density at radius 2 is 2.26 bits per heavy atom. The SMILES string of the molecule is CSCc1nc(C(=O)Nc2nc(-c3cccs3)cs2)cc(=O)[nH]1. The van der Waals surface area contributed by atoms with Crippen molar-refractivity contribution in [2.75, 3.05) is 11.6 Å². The maximum atomic E-state index is 12.3. The molecule has 0 atom stereocenters. The molecule has 1 amide bonds. The minimum absolute atomic E-state index is 0.0886. The van der Waals surface area contributed by atoms with Gasteiger partial charge in [0.25, 0.3) is 11.5 Å². The number of carbonyl (C=O) groups excluding carboxylic acids is 1. The molecule has 3 aromatic heterocycles. The van der Waals surface area contributed by atoms with Crippen molar-refractivity contribution in [3.05, 3.63) is 50.8 Å². The van der Waals surface area contributed by atoms with Gasteiger partial charge >= 0.3 is 0 Å². The van der Waals surface area contributed by atoms with Gasteiger partial charge < -0.3 is 4.98 Å². The van der Waals surface area contributed by atoms with Crippen molar-refractivity contribution in [2.45, 2.75) is 5.75 Å². The average molecular weight is 364 g/mol. The molecule has 3 heterocycles. The maximum absolute atomic E-state index is 12.3. The number of carbonyl (C=O) groups is 1. The molecule has 0 aliphatic carbocycles. The van der Waals surface area contributed by atoms with E-state index in [9.17, 15) is 9.59 Å². The first-order valence-electron chi connectivity index (χ1n) is 6.55. The number of hydrogen-bond donors (Lipinski definition) is 2. The second kappa shape index (κ2) is 7.07. The third-order valence-corrected chi connectivity index (χ3v) is 5.01. The zero-order valence-corrected chi connectivity index (χ0v) is 14.5. The van der Waals surface area contributed by atoms with Crippen LogP contribution in [0.1, 0.15) is 16.3 Å². The van der Waals surface area contributed by atoms with Crippen molar-refractivity contribution in [3.63, 3.8) is 0 Å². The first-order valence-corrected chi connectivity index (χ1v) is 9.71. The number of H-pyrrole nitrogens is 1. The Morgan fingerprint density at radius 3 is 3.00 bits per heavy atom. The largest absolute Gasteiger partial charge is 0.310 e. The van der Waals surface area contributed by atoms with Crippen LogP contribution in [0.25, 0.3) is 10.6 Å². The van der Waals surface area contributed by atoms with E-state index in [2.05, 4.69) is 20.3 Å². The predicted octanol–water partition coefficient (Wildman–Crippen LogP) is 3.07. The van der Waals surface area contributed by atoms with Gasteiger partial charge in [0, 0.05) is 11.4 Å². The van der Waals surface area contributed by atoms with Crippen LogP contribution >= 0.6 is 34.4 Å². The first kappa shape index (κ1) is 15.9. The summed E-state index contributed by atoms with van der Waals surface area (Å²) in [7, 11) is 0. The smallest absolute Gasteiger partial charge is 0.276 e. The molecule has 0 bridgehead atoms. The molecule has 0 saturated carbocycles. The van der Waals surface area contributed by atoms with Crippen LogP contribution in [-0.2, 0) is 5.75 Å². The summed E-state index contributed by atoms with van der Waals surface area (Å²) in [4.78, 5) is 36.1. The van der Waals surface area contributed by atoms with E-state index in [0.29, 0.717) is 16.7 Å². The highest BCUT2D eigenvalue weighted by Gasteiger charge is 2.13. The fourth-order valence-corrected chi connectivity index (χ4v) is 3.74. The fraction of sp³-hybridized carbons (Fsp3) is 0.143. The molecular formula is C14H12N4O2S3. The molecule has 0 spiro atoms. The number of nitrogens with one attached hydrogen (secondary N) is 2. The quantitative estimate of drug-likeness (QED) is 0.726. The summed E-state index contributed by atoms with van der Waals surface area (Å²) in [6.45, 7) is 0. The van der Waals surface area contributed by atoms with Crippen LogP contribution in [0.4, 0.5) is 5.13 Å². The predicted molar refractivity (Wildman–Crippen MR) is 95.5 cm³/mol. The minimum Gasteiger partial charge on any atom is -0.310 e. The van der Waals surface area contributed by atoms with E-state index in [4.69, 9.17) is 0 Å². The fourth-order valence-electron chi connectivity index (χ4n) is 1.86. The number of aromatic amines is 1. The van der Waals surface area contributed by atoms with Gasteiger partial charge in [0.2, 0.25) is 0 Å². The number of anilines is 1. The van der Waals surface area contributed by atoms with Crippen LogP contribution in [-0.4, -0.2) is 27.1 Å². The van der Waals surface area contributed by atoms with Crippen LogP contribution in [0.3, 0.4) is 0 Å². The summed E-state index contributed by atoms with van der Waals surface area (Å²) >= 11 is 4.44. The summed E-state index contributed by atoms with van der Waals surface area (Å²) in [5, 5.41) is 7.02. The van der Waals surface area contributed by atoms with Crippen molar-refractivity contribution >= 4 is 45.5 Å². The van der Waals surface area contributed by atoms with Crippen molar-refractivity contribution in [3.8, 4) is 10.6 Å². The topological polar surface area (TPSA) is 87.7 Å². The number of aromatic nitrogens is 3. The van der Waals surface area contributed by atoms with Crippen molar-refractivity contribution in [1.29, 1.82) is 0 Å². The highest BCUT2D eigenvalue weighted by Crippen LogP contribution is 2.28. The van der Waals surface area contributed by atoms with Gasteiger partial charge in [0.15, 0.2) is 5.13 Å². The summed E-state index contributed by atoms with van der Waals surface area (Å²) in [6, 6.07) is 5.11. The zero-order valence-electron chi connectivity index (χ0n) is 12.0. The van der Waals surface area contributed by atoms with Gasteiger partial charge in [-0.15, -0.1) is 22.7 Å². The second-order valence-corrected chi connectivity index (χ2v) is 7.15. The highest BCUT2D eigenvalue weighted by molar-refractivity contribution is 7.97. The third kappa shape index (κ3) is 3.87. The maximum Gasteiger partial charge on any atom is 0.276 e. The molecule has 118 valence electrons. The van der Waals surface area contributed by atoms with E-state index >= 15 is 0 Å². The lowest BCUT2D eigenvalue weighted by Crippen LogP contribution is -2.20. The molecule has 3 aromatic rings. The molecule has 0 fully saturated rings. The average Bonchev–Trinajstić information content (AvgIpc) is 3.17. The molecule has 0 aromatic carbocycles. The summed E-state index contributed by atoms with van der Waals surface area (Å²) < 4.78 is 0. The minimum atomic E-state index is -0.439. The lowest BCUT2D eigenvalue weighted by atomic mass is 10.3. The third-order valence-electron chi connectivity index (χ3n) is 2.80. The molecule has 0 radical (unpaired) electrons. The van der Waals surface area contributed by atoms with Crippen molar-refractivity contribution < 1.29 is 4.79 Å². The first-order chi connectivity index (χ1) is 11.2. The number of amides is 1. The van der Waals surface area contributed by atoms with Crippen LogP contribution in [0.15, 0.2) is 33.8 Å². The number of thiophene rings is 1. The van der Waals surface area contributed by atoms with E-state index in [0.717, 1.165) is 10.6 Å². The Morgan fingerprint density at radius 1 is 1.39 bits per heavy atom.